The summed E-state index contributed by atoms with van der Waals surface area (Å²) in [6.45, 7) is 1.86. The zero-order valence-corrected chi connectivity index (χ0v) is 15.4. The van der Waals surface area contributed by atoms with Gasteiger partial charge in [-0.05, 0) is 24.6 Å². The van der Waals surface area contributed by atoms with Crippen molar-refractivity contribution in [1.29, 1.82) is 10.5 Å². The largest absolute Gasteiger partial charge is 0.349 e. The number of carbonyl (C=O) groups excluding carboxylic acids is 1. The van der Waals surface area contributed by atoms with Crippen molar-refractivity contribution in [2.24, 2.45) is 0 Å². The number of thioether (sulfide) groups is 1. The van der Waals surface area contributed by atoms with E-state index in [2.05, 4.69) is 10.6 Å². The number of amides is 1. The molecule has 0 aromatic heterocycles. The van der Waals surface area contributed by atoms with E-state index in [1.807, 2.05) is 37.3 Å². The van der Waals surface area contributed by atoms with E-state index in [0.717, 1.165) is 17.3 Å². The molecule has 136 valence electrons. The highest BCUT2D eigenvalue weighted by molar-refractivity contribution is 8.03. The molecule has 0 aliphatic rings. The summed E-state index contributed by atoms with van der Waals surface area (Å²) in [7, 11) is 0. The van der Waals surface area contributed by atoms with Crippen molar-refractivity contribution >= 4 is 23.4 Å². The van der Waals surface area contributed by atoms with Crippen LogP contribution in [0.3, 0.4) is 0 Å². The van der Waals surface area contributed by atoms with Crippen LogP contribution in [0.2, 0.25) is 0 Å². The molecule has 1 unspecified atom stereocenters. The molecule has 7 heteroatoms. The van der Waals surface area contributed by atoms with Crippen LogP contribution in [-0.4, -0.2) is 11.7 Å². The van der Waals surface area contributed by atoms with E-state index in [4.69, 9.17) is 10.5 Å². The maximum atomic E-state index is 13.8. The van der Waals surface area contributed by atoms with Crippen LogP contribution in [0, 0.1) is 28.5 Å². The van der Waals surface area contributed by atoms with Crippen LogP contribution in [0.15, 0.2) is 65.2 Å². The lowest BCUT2D eigenvalue weighted by molar-refractivity contribution is -0.119. The van der Waals surface area contributed by atoms with Crippen LogP contribution in [0.4, 0.5) is 10.1 Å². The van der Waals surface area contributed by atoms with Gasteiger partial charge < -0.3 is 10.6 Å². The lowest BCUT2D eigenvalue weighted by atomic mass is 10.1. The first-order chi connectivity index (χ1) is 13.0. The van der Waals surface area contributed by atoms with Gasteiger partial charge in [0.25, 0.3) is 0 Å². The molecule has 0 fully saturated rings. The number of hydrogen-bond acceptors (Lipinski definition) is 5. The predicted octanol–water partition coefficient (Wildman–Crippen LogP) is 4.11. The molecule has 0 bridgehead atoms. The van der Waals surface area contributed by atoms with Crippen LogP contribution < -0.4 is 10.6 Å². The highest BCUT2D eigenvalue weighted by atomic mass is 32.2. The van der Waals surface area contributed by atoms with Gasteiger partial charge in [0.2, 0.25) is 5.91 Å². The van der Waals surface area contributed by atoms with Crippen molar-refractivity contribution in [2.75, 3.05) is 11.1 Å². The third-order valence-electron chi connectivity index (χ3n) is 3.60. The van der Waals surface area contributed by atoms with Gasteiger partial charge in [-0.3, -0.25) is 4.79 Å². The van der Waals surface area contributed by atoms with Crippen LogP contribution in [0.5, 0.6) is 0 Å². The van der Waals surface area contributed by atoms with Crippen molar-refractivity contribution in [3.05, 3.63) is 76.6 Å². The highest BCUT2D eigenvalue weighted by Gasteiger charge is 2.14. The van der Waals surface area contributed by atoms with E-state index < -0.39 is 5.82 Å². The smallest absolute Gasteiger partial charge is 0.230 e. The van der Waals surface area contributed by atoms with Crippen molar-refractivity contribution in [1.82, 2.24) is 5.32 Å². The van der Waals surface area contributed by atoms with E-state index in [1.165, 1.54) is 18.2 Å². The molecule has 27 heavy (non-hydrogen) atoms. The summed E-state index contributed by atoms with van der Waals surface area (Å²) in [5, 5.41) is 24.0. The fourth-order valence-electron chi connectivity index (χ4n) is 2.23. The van der Waals surface area contributed by atoms with Gasteiger partial charge in [0.15, 0.2) is 5.57 Å². The molecule has 0 radical (unpaired) electrons. The number of hydrogen-bond donors (Lipinski definition) is 2. The lowest BCUT2D eigenvalue weighted by Crippen LogP contribution is -2.28. The number of anilines is 1. The number of nitriles is 2. The van der Waals surface area contributed by atoms with Crippen molar-refractivity contribution in [3.63, 3.8) is 0 Å². The van der Waals surface area contributed by atoms with Crippen molar-refractivity contribution in [3.8, 4) is 12.1 Å². The molecule has 0 aliphatic carbocycles. The molecule has 0 aliphatic heterocycles. The van der Waals surface area contributed by atoms with Gasteiger partial charge in [-0.25, -0.2) is 4.39 Å². The van der Waals surface area contributed by atoms with Crippen LogP contribution >= 0.6 is 11.8 Å². The Balaban J connectivity index is 2.05. The minimum absolute atomic E-state index is 0.0270. The fourth-order valence-corrected chi connectivity index (χ4v) is 3.00. The van der Waals surface area contributed by atoms with Gasteiger partial charge in [0, 0.05) is 0 Å². The number of nitrogens with one attached hydrogen (secondary N) is 2. The Bertz CT molecular complexity index is 900. The van der Waals surface area contributed by atoms with E-state index in [0.29, 0.717) is 0 Å². The second kappa shape index (κ2) is 10.0. The predicted molar refractivity (Wildman–Crippen MR) is 104 cm³/mol. The Morgan fingerprint density at radius 2 is 1.74 bits per heavy atom. The van der Waals surface area contributed by atoms with Crippen molar-refractivity contribution in [2.45, 2.75) is 13.0 Å². The third kappa shape index (κ3) is 5.88. The maximum absolute atomic E-state index is 13.8. The molecular weight excluding hydrogens is 363 g/mol. The third-order valence-corrected chi connectivity index (χ3v) is 4.60. The standard InChI is InChI=1S/C20H17FN4OS/c1-14(15-7-3-2-4-8-15)24-19(26)13-27-20(16(11-22)12-23)25-18-10-6-5-9-17(18)21/h2-10,14,25H,13H2,1H3,(H,24,26). The van der Waals surface area contributed by atoms with Gasteiger partial charge in [0.05, 0.1) is 17.5 Å². The normalized spacial score (nSPS) is 10.8. The number of halogens is 1. The average Bonchev–Trinajstić information content (AvgIpc) is 2.69. The topological polar surface area (TPSA) is 88.7 Å². The summed E-state index contributed by atoms with van der Waals surface area (Å²) in [5.41, 5.74) is 0.874. The monoisotopic (exact) mass is 380 g/mol. The minimum Gasteiger partial charge on any atom is -0.349 e. The van der Waals surface area contributed by atoms with Crippen LogP contribution in [0.1, 0.15) is 18.5 Å². The number of nitrogens with zero attached hydrogens (tertiary/aromatic N) is 2. The van der Waals surface area contributed by atoms with Gasteiger partial charge in [-0.15, -0.1) is 0 Å². The van der Waals surface area contributed by atoms with Gasteiger partial charge in [0.1, 0.15) is 23.0 Å². The fraction of sp³-hybridized carbons (Fsp3) is 0.150. The zero-order chi connectivity index (χ0) is 19.6. The molecule has 1 atom stereocenters. The van der Waals surface area contributed by atoms with Gasteiger partial charge >= 0.3 is 0 Å². The number of carbonyl (C=O) groups is 1. The Morgan fingerprint density at radius 3 is 2.37 bits per heavy atom. The number of rotatable bonds is 7. The molecule has 5 nitrogen and oxygen atoms in total. The SMILES string of the molecule is CC(NC(=O)CSC(Nc1ccccc1F)=C(C#N)C#N)c1ccccc1. The Kier molecular flexibility index (Phi) is 7.42. The zero-order valence-electron chi connectivity index (χ0n) is 14.6. The van der Waals surface area contributed by atoms with E-state index in [9.17, 15) is 9.18 Å². The number of allylic oxidation sites excluding steroid dienone is 1. The summed E-state index contributed by atoms with van der Waals surface area (Å²) < 4.78 is 13.8. The maximum Gasteiger partial charge on any atom is 0.230 e. The highest BCUT2D eigenvalue weighted by Crippen LogP contribution is 2.24. The summed E-state index contributed by atoms with van der Waals surface area (Å²) in [6, 6.07) is 18.7. The first-order valence-electron chi connectivity index (χ1n) is 8.08. The molecule has 0 saturated carbocycles. The first-order valence-corrected chi connectivity index (χ1v) is 9.07. The molecule has 0 heterocycles. The van der Waals surface area contributed by atoms with E-state index >= 15 is 0 Å². The molecule has 0 spiro atoms. The van der Waals surface area contributed by atoms with Crippen LogP contribution in [-0.2, 0) is 4.79 Å². The molecular formula is C20H17FN4OS. The quantitative estimate of drug-likeness (QED) is 0.706. The second-order valence-corrected chi connectivity index (χ2v) is 6.51. The number of para-hydroxylation sites is 1. The van der Waals surface area contributed by atoms with Crippen LogP contribution in [0.25, 0.3) is 0 Å². The molecule has 2 N–H and O–H groups in total. The van der Waals surface area contributed by atoms with Crippen molar-refractivity contribution < 1.29 is 9.18 Å². The molecule has 2 aromatic rings. The Hall–Kier alpha value is -3.29. The molecule has 0 saturated heterocycles. The summed E-state index contributed by atoms with van der Waals surface area (Å²) >= 11 is 0.972. The van der Waals surface area contributed by atoms with Gasteiger partial charge in [-0.1, -0.05) is 54.2 Å². The molecule has 1 amide bonds. The summed E-state index contributed by atoms with van der Waals surface area (Å²) in [6.07, 6.45) is 0. The van der Waals surface area contributed by atoms with E-state index in [1.54, 1.807) is 18.2 Å². The minimum atomic E-state index is -0.520. The molecule has 2 aromatic carbocycles. The summed E-state index contributed by atoms with van der Waals surface area (Å²) in [4.78, 5) is 12.2. The average molecular weight is 380 g/mol. The second-order valence-electron chi connectivity index (χ2n) is 5.52. The number of benzene rings is 2. The Morgan fingerprint density at radius 1 is 1.11 bits per heavy atom. The summed E-state index contributed by atoms with van der Waals surface area (Å²) in [5.74, 6) is -0.812. The Labute approximate surface area is 161 Å². The first kappa shape index (κ1) is 20.0. The van der Waals surface area contributed by atoms with Gasteiger partial charge in [-0.2, -0.15) is 10.5 Å². The molecule has 2 rings (SSSR count). The lowest BCUT2D eigenvalue weighted by Gasteiger charge is -2.15. The van der Waals surface area contributed by atoms with E-state index in [-0.39, 0.29) is 34.0 Å².